The summed E-state index contributed by atoms with van der Waals surface area (Å²) in [6, 6.07) is 18.7. The van der Waals surface area contributed by atoms with Gasteiger partial charge < -0.3 is 18.1 Å². The summed E-state index contributed by atoms with van der Waals surface area (Å²) < 4.78 is 47.0. The highest BCUT2D eigenvalue weighted by Crippen LogP contribution is 2.37. The fourth-order valence-corrected chi connectivity index (χ4v) is 4.00. The van der Waals surface area contributed by atoms with E-state index >= 15 is 0 Å². The summed E-state index contributed by atoms with van der Waals surface area (Å²) in [6.07, 6.45) is 0. The van der Waals surface area contributed by atoms with Crippen LogP contribution in [0.5, 0.6) is 17.2 Å². The molecule has 0 radical (unpaired) electrons. The first kappa shape index (κ1) is 19.8. The maximum Gasteiger partial charge on any atom is 0.339 e. The molecule has 6 nitrogen and oxygen atoms in total. The summed E-state index contributed by atoms with van der Waals surface area (Å²) in [7, 11) is -0.856. The van der Waals surface area contributed by atoms with Crippen LogP contribution in [0.25, 0.3) is 22.3 Å². The monoisotopic (exact) mass is 424 g/mol. The van der Waals surface area contributed by atoms with Gasteiger partial charge in [0.25, 0.3) is 0 Å². The Balaban J connectivity index is 1.67. The zero-order valence-electron chi connectivity index (χ0n) is 16.7. The Morgan fingerprint density at radius 2 is 1.53 bits per heavy atom. The molecule has 0 bridgehead atoms. The van der Waals surface area contributed by atoms with Gasteiger partial charge in [-0.2, -0.15) is 8.42 Å². The largest absolute Gasteiger partial charge is 0.497 e. The molecule has 0 aliphatic rings. The highest BCUT2D eigenvalue weighted by Gasteiger charge is 2.19. The summed E-state index contributed by atoms with van der Waals surface area (Å²) >= 11 is 0. The summed E-state index contributed by atoms with van der Waals surface area (Å²) in [4.78, 5) is 0.0855. The number of aryl methyl sites for hydroxylation is 1. The van der Waals surface area contributed by atoms with Crippen molar-refractivity contribution in [1.82, 2.24) is 0 Å². The van der Waals surface area contributed by atoms with Gasteiger partial charge in [0, 0.05) is 17.5 Å². The van der Waals surface area contributed by atoms with Crippen LogP contribution in [-0.2, 0) is 10.1 Å². The Bertz CT molecular complexity index is 1300. The highest BCUT2D eigenvalue weighted by molar-refractivity contribution is 7.87. The fourth-order valence-electron chi connectivity index (χ4n) is 3.08. The van der Waals surface area contributed by atoms with Crippen molar-refractivity contribution in [2.45, 2.75) is 11.8 Å². The quantitative estimate of drug-likeness (QED) is 0.396. The number of hydrogen-bond acceptors (Lipinski definition) is 6. The molecule has 0 aliphatic heterocycles. The lowest BCUT2D eigenvalue weighted by Crippen LogP contribution is -2.09. The predicted molar refractivity (Wildman–Crippen MR) is 114 cm³/mol. The van der Waals surface area contributed by atoms with E-state index < -0.39 is 10.1 Å². The lowest BCUT2D eigenvalue weighted by Gasteiger charge is -2.11. The summed E-state index contributed by atoms with van der Waals surface area (Å²) in [5.74, 6) is 1.86. The van der Waals surface area contributed by atoms with Crippen molar-refractivity contribution in [2.75, 3.05) is 14.2 Å². The van der Waals surface area contributed by atoms with E-state index in [2.05, 4.69) is 0 Å². The van der Waals surface area contributed by atoms with Crippen molar-refractivity contribution in [1.29, 1.82) is 0 Å². The van der Waals surface area contributed by atoms with Crippen LogP contribution in [0.15, 0.2) is 76.0 Å². The number of methoxy groups -OCH3 is 2. The van der Waals surface area contributed by atoms with Gasteiger partial charge in [0.15, 0.2) is 0 Å². The second-order valence-corrected chi connectivity index (χ2v) is 8.27. The van der Waals surface area contributed by atoms with E-state index in [0.717, 1.165) is 10.9 Å². The number of benzene rings is 3. The standard InChI is InChI=1S/C23H20O6S/c1-15-4-9-19(10-5-15)30(24,25)29-18-8-11-20(22(14-18)27-3)23-12-16-6-7-17(26-2)13-21(16)28-23/h4-14H,1-3H3. The number of furan rings is 1. The number of ether oxygens (including phenoxy) is 2. The maximum absolute atomic E-state index is 12.6. The molecule has 0 aliphatic carbocycles. The van der Waals surface area contributed by atoms with Gasteiger partial charge in [-0.15, -0.1) is 0 Å². The van der Waals surface area contributed by atoms with Gasteiger partial charge in [-0.25, -0.2) is 0 Å². The SMILES string of the molecule is COc1ccc2cc(-c3ccc(OS(=O)(=O)c4ccc(C)cc4)cc3OC)oc2c1. The third-order valence-electron chi connectivity index (χ3n) is 4.68. The highest BCUT2D eigenvalue weighted by atomic mass is 32.2. The van der Waals surface area contributed by atoms with E-state index in [1.54, 1.807) is 37.4 Å². The van der Waals surface area contributed by atoms with Crippen LogP contribution in [0, 0.1) is 6.92 Å². The van der Waals surface area contributed by atoms with Crippen molar-refractivity contribution >= 4 is 21.1 Å². The van der Waals surface area contributed by atoms with Gasteiger partial charge in [0.05, 0.1) is 19.8 Å². The molecule has 0 spiro atoms. The van der Waals surface area contributed by atoms with Crippen LogP contribution in [-0.4, -0.2) is 22.6 Å². The zero-order chi connectivity index (χ0) is 21.3. The molecule has 0 saturated heterocycles. The second-order valence-electron chi connectivity index (χ2n) is 6.73. The van der Waals surface area contributed by atoms with E-state index in [1.807, 2.05) is 25.1 Å². The third-order valence-corrected chi connectivity index (χ3v) is 5.94. The Hall–Kier alpha value is -3.45. The van der Waals surface area contributed by atoms with E-state index in [1.165, 1.54) is 25.3 Å². The molecule has 0 amide bonds. The Kier molecular flexibility index (Phi) is 5.13. The molecule has 0 N–H and O–H groups in total. The molecule has 1 heterocycles. The molecule has 7 heteroatoms. The molecule has 0 saturated carbocycles. The fraction of sp³-hybridized carbons (Fsp3) is 0.130. The molecule has 4 aromatic rings. The molecule has 1 aromatic heterocycles. The molecule has 30 heavy (non-hydrogen) atoms. The minimum atomic E-state index is -3.95. The first-order chi connectivity index (χ1) is 14.4. The smallest absolute Gasteiger partial charge is 0.339 e. The predicted octanol–water partition coefficient (Wildman–Crippen LogP) is 5.19. The zero-order valence-corrected chi connectivity index (χ0v) is 17.5. The van der Waals surface area contributed by atoms with Crippen molar-refractivity contribution in [3.8, 4) is 28.6 Å². The van der Waals surface area contributed by atoms with Gasteiger partial charge >= 0.3 is 10.1 Å². The molecule has 3 aromatic carbocycles. The van der Waals surface area contributed by atoms with E-state index in [-0.39, 0.29) is 10.6 Å². The minimum Gasteiger partial charge on any atom is -0.497 e. The van der Waals surface area contributed by atoms with Crippen molar-refractivity contribution in [3.63, 3.8) is 0 Å². The molecule has 0 unspecified atom stereocenters. The Morgan fingerprint density at radius 1 is 0.800 bits per heavy atom. The Labute approximate surface area is 174 Å². The van der Waals surface area contributed by atoms with Gasteiger partial charge in [0.1, 0.15) is 33.5 Å². The number of hydrogen-bond donors (Lipinski definition) is 0. The lowest BCUT2D eigenvalue weighted by atomic mass is 10.1. The van der Waals surface area contributed by atoms with Crippen LogP contribution in [0.3, 0.4) is 0 Å². The summed E-state index contributed by atoms with van der Waals surface area (Å²) in [5, 5.41) is 0.912. The summed E-state index contributed by atoms with van der Waals surface area (Å²) in [5.41, 5.74) is 2.31. The van der Waals surface area contributed by atoms with Gasteiger partial charge in [-0.3, -0.25) is 0 Å². The van der Waals surface area contributed by atoms with Gasteiger partial charge in [-0.1, -0.05) is 17.7 Å². The Morgan fingerprint density at radius 3 is 2.23 bits per heavy atom. The second kappa shape index (κ2) is 7.76. The number of fused-ring (bicyclic) bond motifs is 1. The van der Waals surface area contributed by atoms with Crippen LogP contribution >= 0.6 is 0 Å². The average Bonchev–Trinajstić information content (AvgIpc) is 3.16. The molecule has 4 rings (SSSR count). The lowest BCUT2D eigenvalue weighted by molar-refractivity contribution is 0.411. The van der Waals surface area contributed by atoms with E-state index in [4.69, 9.17) is 18.1 Å². The normalized spacial score (nSPS) is 11.4. The molecule has 0 fully saturated rings. The topological polar surface area (TPSA) is 75.0 Å². The van der Waals surface area contributed by atoms with E-state index in [9.17, 15) is 8.42 Å². The first-order valence-corrected chi connectivity index (χ1v) is 10.6. The molecule has 0 atom stereocenters. The van der Waals surface area contributed by atoms with Gasteiger partial charge in [0.2, 0.25) is 0 Å². The molecular weight excluding hydrogens is 404 g/mol. The van der Waals surface area contributed by atoms with Crippen LogP contribution in [0.1, 0.15) is 5.56 Å². The van der Waals surface area contributed by atoms with Crippen LogP contribution < -0.4 is 13.7 Å². The summed E-state index contributed by atoms with van der Waals surface area (Å²) in [6.45, 7) is 1.88. The third kappa shape index (κ3) is 3.84. The molecule has 154 valence electrons. The van der Waals surface area contributed by atoms with Crippen molar-refractivity contribution in [2.24, 2.45) is 0 Å². The van der Waals surface area contributed by atoms with Crippen molar-refractivity contribution in [3.05, 3.63) is 72.3 Å². The maximum atomic E-state index is 12.6. The van der Waals surface area contributed by atoms with Crippen LogP contribution in [0.4, 0.5) is 0 Å². The van der Waals surface area contributed by atoms with E-state index in [0.29, 0.717) is 28.4 Å². The van der Waals surface area contributed by atoms with Crippen LogP contribution in [0.2, 0.25) is 0 Å². The number of rotatable bonds is 6. The molecular formula is C23H20O6S. The van der Waals surface area contributed by atoms with Gasteiger partial charge in [-0.05, 0) is 49.4 Å². The van der Waals surface area contributed by atoms with Crippen molar-refractivity contribution < 1.29 is 26.5 Å². The minimum absolute atomic E-state index is 0.0855. The average molecular weight is 424 g/mol. The first-order valence-electron chi connectivity index (χ1n) is 9.17.